The topological polar surface area (TPSA) is 126 Å². The second kappa shape index (κ2) is 12.4. The van der Waals surface area contributed by atoms with Gasteiger partial charge in [0.05, 0.1) is 11.2 Å². The number of alkyl halides is 3. The van der Waals surface area contributed by atoms with Crippen LogP contribution >= 0.6 is 0 Å². The minimum absolute atomic E-state index is 0.137. The number of hydrogen-bond donors (Lipinski definition) is 3. The summed E-state index contributed by atoms with van der Waals surface area (Å²) in [6.45, 7) is 4.74. The number of rotatable bonds is 9. The maximum absolute atomic E-state index is 14.8. The van der Waals surface area contributed by atoms with E-state index in [-0.39, 0.29) is 17.7 Å². The molecule has 0 radical (unpaired) electrons. The van der Waals surface area contributed by atoms with Crippen LogP contribution in [0.3, 0.4) is 0 Å². The molecule has 0 spiro atoms. The molecule has 232 valence electrons. The standard InChI is InChI=1S/C30H28F5N5O4/c1-5-23(30(33,34)35)38-17-12-20(31)24(21(32)13-17)27(41)39-22(29(43)44)11-16-8-9-19(25-18(16)7-6-10-36-25)26-28(42)40(4)15(3)14(2)37-26/h6-10,12-13,22-23,38H,5,11H2,1-4H3,(H,39,41)(H,43,44)/t22-,23+/m0/s1. The van der Waals surface area contributed by atoms with Crippen LogP contribution in [0.2, 0.25) is 0 Å². The number of carboxylic acids is 1. The lowest BCUT2D eigenvalue weighted by molar-refractivity contribution is -0.143. The number of aryl methyl sites for hydroxylation is 1. The number of aliphatic carboxylic acids is 1. The zero-order valence-electron chi connectivity index (χ0n) is 24.0. The van der Waals surface area contributed by atoms with Gasteiger partial charge in [0.1, 0.15) is 35.0 Å². The van der Waals surface area contributed by atoms with Crippen LogP contribution in [-0.4, -0.2) is 49.8 Å². The number of aromatic nitrogens is 3. The fourth-order valence-electron chi connectivity index (χ4n) is 4.77. The van der Waals surface area contributed by atoms with Crippen molar-refractivity contribution in [1.82, 2.24) is 19.9 Å². The molecule has 14 heteroatoms. The van der Waals surface area contributed by atoms with Crippen molar-refractivity contribution in [3.8, 4) is 11.3 Å². The second-order valence-electron chi connectivity index (χ2n) is 10.2. The van der Waals surface area contributed by atoms with E-state index in [9.17, 15) is 41.4 Å². The van der Waals surface area contributed by atoms with E-state index in [1.54, 1.807) is 45.2 Å². The van der Waals surface area contributed by atoms with Crippen molar-refractivity contribution in [3.63, 3.8) is 0 Å². The Morgan fingerprint density at radius 3 is 2.34 bits per heavy atom. The maximum Gasteiger partial charge on any atom is 0.408 e. The van der Waals surface area contributed by atoms with Gasteiger partial charge in [-0.1, -0.05) is 25.1 Å². The highest BCUT2D eigenvalue weighted by molar-refractivity contribution is 5.98. The number of halogens is 5. The molecule has 2 atom stereocenters. The molecule has 2 aromatic carbocycles. The Labute approximate surface area is 247 Å². The summed E-state index contributed by atoms with van der Waals surface area (Å²) < 4.78 is 70.3. The van der Waals surface area contributed by atoms with Crippen LogP contribution in [0, 0.1) is 25.5 Å². The fraction of sp³-hybridized carbons (Fsp3) is 0.300. The lowest BCUT2D eigenvalue weighted by Gasteiger charge is -2.22. The fourth-order valence-corrected chi connectivity index (χ4v) is 4.77. The molecule has 0 saturated heterocycles. The molecule has 4 rings (SSSR count). The smallest absolute Gasteiger partial charge is 0.408 e. The molecule has 2 aromatic heterocycles. The van der Waals surface area contributed by atoms with Gasteiger partial charge in [0.2, 0.25) is 0 Å². The van der Waals surface area contributed by atoms with Gasteiger partial charge < -0.3 is 20.3 Å². The second-order valence-corrected chi connectivity index (χ2v) is 10.2. The van der Waals surface area contributed by atoms with Crippen molar-refractivity contribution in [1.29, 1.82) is 0 Å². The van der Waals surface area contributed by atoms with Gasteiger partial charge in [-0.05, 0) is 44.0 Å². The Morgan fingerprint density at radius 2 is 1.75 bits per heavy atom. The van der Waals surface area contributed by atoms with Gasteiger partial charge in [0.25, 0.3) is 11.5 Å². The number of nitrogens with zero attached hydrogens (tertiary/aromatic N) is 3. The zero-order valence-corrected chi connectivity index (χ0v) is 24.0. The lowest BCUT2D eigenvalue weighted by Crippen LogP contribution is -2.43. The van der Waals surface area contributed by atoms with Crippen molar-refractivity contribution in [3.05, 3.63) is 87.1 Å². The predicted octanol–water partition coefficient (Wildman–Crippen LogP) is 5.07. The molecule has 4 aromatic rings. The first-order valence-electron chi connectivity index (χ1n) is 13.4. The molecule has 9 nitrogen and oxygen atoms in total. The summed E-state index contributed by atoms with van der Waals surface area (Å²) in [7, 11) is 1.61. The monoisotopic (exact) mass is 617 g/mol. The summed E-state index contributed by atoms with van der Waals surface area (Å²) in [5, 5.41) is 14.4. The number of fused-ring (bicyclic) bond motifs is 1. The van der Waals surface area contributed by atoms with Crippen molar-refractivity contribution in [2.24, 2.45) is 7.05 Å². The van der Waals surface area contributed by atoms with Crippen LogP contribution in [-0.2, 0) is 18.3 Å². The molecule has 0 aliphatic rings. The van der Waals surface area contributed by atoms with E-state index in [2.05, 4.69) is 15.3 Å². The Bertz CT molecular complexity index is 1800. The molecule has 44 heavy (non-hydrogen) atoms. The van der Waals surface area contributed by atoms with Gasteiger partial charge in [0, 0.05) is 42.0 Å². The minimum atomic E-state index is -4.69. The van der Waals surface area contributed by atoms with Crippen molar-refractivity contribution < 1.29 is 36.6 Å². The van der Waals surface area contributed by atoms with Gasteiger partial charge in [-0.25, -0.2) is 18.6 Å². The van der Waals surface area contributed by atoms with Gasteiger partial charge >= 0.3 is 12.1 Å². The predicted molar refractivity (Wildman–Crippen MR) is 152 cm³/mol. The van der Waals surface area contributed by atoms with Crippen LogP contribution in [0.4, 0.5) is 27.6 Å². The van der Waals surface area contributed by atoms with Crippen molar-refractivity contribution in [2.45, 2.75) is 51.9 Å². The van der Waals surface area contributed by atoms with Crippen molar-refractivity contribution >= 4 is 28.5 Å². The number of carbonyl (C=O) groups excluding carboxylic acids is 1. The first-order chi connectivity index (χ1) is 20.6. The zero-order chi connectivity index (χ0) is 32.5. The normalized spacial score (nSPS) is 13.0. The summed E-state index contributed by atoms with van der Waals surface area (Å²) in [6.07, 6.45) is -3.96. The Hall–Kier alpha value is -4.88. The highest BCUT2D eigenvalue weighted by atomic mass is 19.4. The summed E-state index contributed by atoms with van der Waals surface area (Å²) >= 11 is 0. The van der Waals surface area contributed by atoms with Gasteiger partial charge in [0.15, 0.2) is 0 Å². The number of anilines is 1. The number of nitrogens with one attached hydrogen (secondary N) is 2. The molecule has 2 heterocycles. The highest BCUT2D eigenvalue weighted by Gasteiger charge is 2.38. The van der Waals surface area contributed by atoms with E-state index >= 15 is 0 Å². The van der Waals surface area contributed by atoms with Crippen molar-refractivity contribution in [2.75, 3.05) is 5.32 Å². The molecule has 0 saturated carbocycles. The average Bonchev–Trinajstić information content (AvgIpc) is 2.95. The molecule has 0 unspecified atom stereocenters. The quantitative estimate of drug-likeness (QED) is 0.224. The van der Waals surface area contributed by atoms with Gasteiger partial charge in [-0.2, -0.15) is 13.2 Å². The van der Waals surface area contributed by atoms with Crippen LogP contribution in [0.25, 0.3) is 22.2 Å². The van der Waals surface area contributed by atoms with Crippen LogP contribution in [0.5, 0.6) is 0 Å². The molecule has 3 N–H and O–H groups in total. The van der Waals surface area contributed by atoms with Gasteiger partial charge in [-0.15, -0.1) is 0 Å². The summed E-state index contributed by atoms with van der Waals surface area (Å²) in [4.78, 5) is 46.8. The summed E-state index contributed by atoms with van der Waals surface area (Å²) in [6, 6.07) is 3.65. The van der Waals surface area contributed by atoms with E-state index in [0.717, 1.165) is 0 Å². The molecule has 1 amide bonds. The lowest BCUT2D eigenvalue weighted by atomic mass is 9.96. The third-order valence-corrected chi connectivity index (χ3v) is 7.37. The third kappa shape index (κ3) is 6.38. The van der Waals surface area contributed by atoms with E-state index in [4.69, 9.17) is 0 Å². The summed E-state index contributed by atoms with van der Waals surface area (Å²) in [5.41, 5.74) is 0.521. The van der Waals surface area contributed by atoms with E-state index in [0.29, 0.717) is 45.6 Å². The molecular weight excluding hydrogens is 589 g/mol. The maximum atomic E-state index is 14.8. The number of carboxylic acid groups (broad SMARTS) is 1. The number of hydrogen-bond acceptors (Lipinski definition) is 6. The first kappa shape index (κ1) is 32.0. The SMILES string of the molecule is CC[C@@H](Nc1cc(F)c(C(=O)N[C@@H](Cc2ccc(-c3nc(C)c(C)n(C)c3=O)c3ncccc23)C(=O)O)c(F)c1)C(F)(F)F. The van der Waals surface area contributed by atoms with E-state index < -0.39 is 59.4 Å². The number of pyridine rings is 1. The highest BCUT2D eigenvalue weighted by Crippen LogP contribution is 2.29. The number of amides is 1. The molecule has 0 fully saturated rings. The average molecular weight is 618 g/mol. The minimum Gasteiger partial charge on any atom is -0.480 e. The first-order valence-corrected chi connectivity index (χ1v) is 13.4. The van der Waals surface area contributed by atoms with E-state index in [1.165, 1.54) is 17.7 Å². The third-order valence-electron chi connectivity index (χ3n) is 7.37. The van der Waals surface area contributed by atoms with Gasteiger partial charge in [-0.3, -0.25) is 14.6 Å². The largest absolute Gasteiger partial charge is 0.480 e. The molecule has 0 aliphatic carbocycles. The van der Waals surface area contributed by atoms with E-state index in [1.807, 2.05) is 5.32 Å². The molecule has 0 bridgehead atoms. The van der Waals surface area contributed by atoms with Crippen LogP contribution in [0.15, 0.2) is 47.4 Å². The van der Waals surface area contributed by atoms with Crippen LogP contribution < -0.4 is 16.2 Å². The number of benzene rings is 2. The Kier molecular flexibility index (Phi) is 9.02. The number of carbonyl (C=O) groups is 2. The molecule has 0 aliphatic heterocycles. The van der Waals surface area contributed by atoms with Crippen LogP contribution in [0.1, 0.15) is 40.7 Å². The molecular formula is C30H28F5N5O4. The summed E-state index contributed by atoms with van der Waals surface area (Å²) in [5.74, 6) is -5.89. The Morgan fingerprint density at radius 1 is 1.09 bits per heavy atom. The Balaban J connectivity index is 1.65.